The quantitative estimate of drug-likeness (QED) is 0.903. The van der Waals surface area contributed by atoms with E-state index < -0.39 is 10.0 Å². The van der Waals surface area contributed by atoms with E-state index >= 15 is 0 Å². The first-order valence-corrected chi connectivity index (χ1v) is 9.64. The molecule has 0 atom stereocenters. The number of amides is 1. The summed E-state index contributed by atoms with van der Waals surface area (Å²) in [4.78, 5) is 14.2. The molecule has 128 valence electrons. The van der Waals surface area contributed by atoms with Gasteiger partial charge in [-0.3, -0.25) is 4.79 Å². The molecule has 0 unspecified atom stereocenters. The van der Waals surface area contributed by atoms with Crippen LogP contribution >= 0.6 is 0 Å². The third kappa shape index (κ3) is 4.03. The number of hydrogen-bond donors (Lipinski definition) is 1. The Labute approximate surface area is 137 Å². The summed E-state index contributed by atoms with van der Waals surface area (Å²) in [5.41, 5.74) is 1.19. The summed E-state index contributed by atoms with van der Waals surface area (Å²) < 4.78 is 25.1. The monoisotopic (exact) mass is 340 g/mol. The van der Waals surface area contributed by atoms with Crippen molar-refractivity contribution in [1.82, 2.24) is 9.21 Å². The molecule has 1 amide bonds. The summed E-state index contributed by atoms with van der Waals surface area (Å²) in [5, 5.41) is 9.94. The summed E-state index contributed by atoms with van der Waals surface area (Å²) >= 11 is 0. The second-order valence-electron chi connectivity index (χ2n) is 6.01. The Kier molecular flexibility index (Phi) is 5.31. The second-order valence-corrected chi connectivity index (χ2v) is 7.95. The van der Waals surface area contributed by atoms with Crippen LogP contribution in [-0.4, -0.2) is 60.6 Å². The molecule has 6 nitrogen and oxygen atoms in total. The van der Waals surface area contributed by atoms with E-state index in [1.807, 2.05) is 13.8 Å². The van der Waals surface area contributed by atoms with Gasteiger partial charge < -0.3 is 10.0 Å². The van der Waals surface area contributed by atoms with Crippen LogP contribution in [0.15, 0.2) is 18.2 Å². The maximum atomic E-state index is 12.5. The molecule has 0 bridgehead atoms. The van der Waals surface area contributed by atoms with Crippen molar-refractivity contribution in [2.45, 2.75) is 32.7 Å². The largest absolute Gasteiger partial charge is 0.507 e. The van der Waals surface area contributed by atoms with E-state index in [2.05, 4.69) is 0 Å². The molecule has 0 aromatic heterocycles. The molecule has 0 spiro atoms. The summed E-state index contributed by atoms with van der Waals surface area (Å²) in [7, 11) is -3.23. The number of aromatic hydroxyl groups is 1. The summed E-state index contributed by atoms with van der Waals surface area (Å²) in [6, 6.07) is 4.93. The molecule has 1 aliphatic heterocycles. The smallest absolute Gasteiger partial charge is 0.257 e. The van der Waals surface area contributed by atoms with Crippen molar-refractivity contribution in [2.75, 3.05) is 25.9 Å². The number of carbonyl (C=O) groups excluding carboxylic acids is 1. The number of likely N-dealkylation sites (tertiary alicyclic amines) is 1. The van der Waals surface area contributed by atoms with Crippen LogP contribution in [-0.2, 0) is 10.0 Å². The number of nitrogens with zero attached hydrogens (tertiary/aromatic N) is 2. The number of phenols is 1. The van der Waals surface area contributed by atoms with Crippen LogP contribution < -0.4 is 0 Å². The minimum absolute atomic E-state index is 0.0107. The molecule has 1 fully saturated rings. The van der Waals surface area contributed by atoms with Crippen LogP contribution in [0.1, 0.15) is 35.7 Å². The van der Waals surface area contributed by atoms with Gasteiger partial charge in [0.1, 0.15) is 5.75 Å². The van der Waals surface area contributed by atoms with Crippen molar-refractivity contribution < 1.29 is 18.3 Å². The molecule has 1 saturated heterocycles. The average molecular weight is 340 g/mol. The third-order valence-electron chi connectivity index (χ3n) is 4.28. The highest BCUT2D eigenvalue weighted by molar-refractivity contribution is 7.88. The molecule has 1 heterocycles. The Morgan fingerprint density at radius 3 is 2.43 bits per heavy atom. The summed E-state index contributed by atoms with van der Waals surface area (Å²) in [5.74, 6) is -0.216. The molecule has 1 aromatic carbocycles. The minimum atomic E-state index is -3.23. The van der Waals surface area contributed by atoms with Crippen LogP contribution in [0, 0.1) is 6.92 Å². The van der Waals surface area contributed by atoms with Crippen molar-refractivity contribution in [3.8, 4) is 5.75 Å². The molecule has 0 radical (unpaired) electrons. The number of phenolic OH excluding ortho intramolecular Hbond substituents is 1. The number of hydrogen-bond acceptors (Lipinski definition) is 4. The molecule has 23 heavy (non-hydrogen) atoms. The van der Waals surface area contributed by atoms with Gasteiger partial charge in [-0.05, 0) is 37.5 Å². The third-order valence-corrected chi connectivity index (χ3v) is 5.69. The van der Waals surface area contributed by atoms with Crippen molar-refractivity contribution >= 4 is 15.9 Å². The van der Waals surface area contributed by atoms with Gasteiger partial charge in [-0.25, -0.2) is 8.42 Å². The molecular formula is C16H24N2O4S. The standard InChI is InChI=1S/C16H24N2O4S/c1-4-18(23(3,21)22)13-7-9-17(10-8-13)16(20)14-6-5-12(2)11-15(14)19/h5-6,11,13,19H,4,7-10H2,1-3H3. The fraction of sp³-hybridized carbons (Fsp3) is 0.562. The fourth-order valence-electron chi connectivity index (χ4n) is 3.11. The van der Waals surface area contributed by atoms with Crippen molar-refractivity contribution in [3.63, 3.8) is 0 Å². The Hall–Kier alpha value is -1.60. The van der Waals surface area contributed by atoms with Gasteiger partial charge in [-0.2, -0.15) is 4.31 Å². The predicted octanol–water partition coefficient (Wildman–Crippen LogP) is 1.59. The van der Waals surface area contributed by atoms with E-state index in [0.29, 0.717) is 38.0 Å². The first kappa shape index (κ1) is 17.7. The number of rotatable bonds is 4. The van der Waals surface area contributed by atoms with E-state index in [9.17, 15) is 18.3 Å². The topological polar surface area (TPSA) is 77.9 Å². The first-order valence-electron chi connectivity index (χ1n) is 7.79. The number of aryl methyl sites for hydroxylation is 1. The molecule has 1 aromatic rings. The van der Waals surface area contributed by atoms with Crippen LogP contribution in [0.2, 0.25) is 0 Å². The Bertz CT molecular complexity index is 679. The van der Waals surface area contributed by atoms with Crippen LogP contribution in [0.25, 0.3) is 0 Å². The molecule has 7 heteroatoms. The van der Waals surface area contributed by atoms with Gasteiger partial charge in [0.05, 0.1) is 11.8 Å². The van der Waals surface area contributed by atoms with Gasteiger partial charge in [0.25, 0.3) is 5.91 Å². The van der Waals surface area contributed by atoms with Gasteiger partial charge in [0, 0.05) is 25.7 Å². The highest BCUT2D eigenvalue weighted by Crippen LogP contribution is 2.24. The average Bonchev–Trinajstić information content (AvgIpc) is 2.46. The Morgan fingerprint density at radius 2 is 1.96 bits per heavy atom. The van der Waals surface area contributed by atoms with Gasteiger partial charge in [-0.15, -0.1) is 0 Å². The first-order chi connectivity index (χ1) is 10.7. The number of carbonyl (C=O) groups is 1. The van der Waals surface area contributed by atoms with Crippen LogP contribution in [0.5, 0.6) is 5.75 Å². The number of sulfonamides is 1. The lowest BCUT2D eigenvalue weighted by Gasteiger charge is -2.37. The maximum absolute atomic E-state index is 12.5. The lowest BCUT2D eigenvalue weighted by molar-refractivity contribution is 0.0677. The van der Waals surface area contributed by atoms with Crippen molar-refractivity contribution in [3.05, 3.63) is 29.3 Å². The highest BCUT2D eigenvalue weighted by Gasteiger charge is 2.31. The molecule has 0 aliphatic carbocycles. The second kappa shape index (κ2) is 6.88. The SMILES string of the molecule is CCN(C1CCN(C(=O)c2ccc(C)cc2O)CC1)S(C)(=O)=O. The molecular weight excluding hydrogens is 316 g/mol. The van der Waals surface area contributed by atoms with Gasteiger partial charge in [0.15, 0.2) is 0 Å². The molecule has 0 saturated carbocycles. The van der Waals surface area contributed by atoms with E-state index in [-0.39, 0.29) is 17.7 Å². The summed E-state index contributed by atoms with van der Waals surface area (Å²) in [6.07, 6.45) is 2.44. The summed E-state index contributed by atoms with van der Waals surface area (Å²) in [6.45, 7) is 5.09. The predicted molar refractivity (Wildman–Crippen MR) is 89.0 cm³/mol. The molecule has 2 rings (SSSR count). The normalized spacial score (nSPS) is 16.8. The zero-order valence-corrected chi connectivity index (χ0v) is 14.6. The zero-order valence-electron chi connectivity index (χ0n) is 13.8. The lowest BCUT2D eigenvalue weighted by atomic mass is 10.0. The number of benzene rings is 1. The Balaban J connectivity index is 2.05. The van der Waals surface area contributed by atoms with Crippen molar-refractivity contribution in [2.24, 2.45) is 0 Å². The highest BCUT2D eigenvalue weighted by atomic mass is 32.2. The molecule has 1 N–H and O–H groups in total. The van der Waals surface area contributed by atoms with Gasteiger partial charge in [0.2, 0.25) is 10.0 Å². The fourth-order valence-corrected chi connectivity index (χ4v) is 4.33. The molecule has 1 aliphatic rings. The maximum Gasteiger partial charge on any atom is 0.257 e. The van der Waals surface area contributed by atoms with Crippen molar-refractivity contribution in [1.29, 1.82) is 0 Å². The van der Waals surface area contributed by atoms with Crippen LogP contribution in [0.4, 0.5) is 0 Å². The van der Waals surface area contributed by atoms with E-state index in [4.69, 9.17) is 0 Å². The van der Waals surface area contributed by atoms with Crippen LogP contribution in [0.3, 0.4) is 0 Å². The van der Waals surface area contributed by atoms with E-state index in [1.165, 1.54) is 10.6 Å². The lowest BCUT2D eigenvalue weighted by Crippen LogP contribution is -2.48. The Morgan fingerprint density at radius 1 is 1.35 bits per heavy atom. The van der Waals surface area contributed by atoms with E-state index in [0.717, 1.165) is 5.56 Å². The number of piperidine rings is 1. The zero-order chi connectivity index (χ0) is 17.2. The minimum Gasteiger partial charge on any atom is -0.507 e. The van der Waals surface area contributed by atoms with Gasteiger partial charge in [-0.1, -0.05) is 13.0 Å². The van der Waals surface area contributed by atoms with E-state index in [1.54, 1.807) is 23.1 Å². The van der Waals surface area contributed by atoms with Gasteiger partial charge >= 0.3 is 0 Å².